The van der Waals surface area contributed by atoms with Crippen molar-refractivity contribution in [1.82, 2.24) is 26.6 Å². The monoisotopic (exact) mass is 537 g/mol. The van der Waals surface area contributed by atoms with Gasteiger partial charge in [-0.2, -0.15) is 0 Å². The Labute approximate surface area is 224 Å². The predicted octanol–water partition coefficient (Wildman–Crippen LogP) is 2.11. The molecule has 3 aliphatic carbocycles. The molecule has 0 aromatic rings. The van der Waals surface area contributed by atoms with Crippen molar-refractivity contribution in [3.63, 3.8) is 0 Å². The minimum atomic E-state index is -3.09. The van der Waals surface area contributed by atoms with Gasteiger partial charge in [0.25, 0.3) is 0 Å². The molecule has 0 aromatic heterocycles. The third-order valence-corrected chi connectivity index (χ3v) is 12.2. The van der Waals surface area contributed by atoms with Crippen LogP contribution in [-0.4, -0.2) is 69.9 Å². The lowest BCUT2D eigenvalue weighted by Gasteiger charge is -2.48. The summed E-state index contributed by atoms with van der Waals surface area (Å²) in [4.78, 5) is 13.1. The first-order valence-electron chi connectivity index (χ1n) is 15.2. The third-order valence-electron chi connectivity index (χ3n) is 10.5. The van der Waals surface area contributed by atoms with Crippen molar-refractivity contribution in [1.29, 1.82) is 0 Å². The molecule has 9 heteroatoms. The van der Waals surface area contributed by atoms with Crippen LogP contribution in [0.3, 0.4) is 0 Å². The lowest BCUT2D eigenvalue weighted by Crippen LogP contribution is -2.67. The number of piperidine rings is 1. The zero-order valence-electron chi connectivity index (χ0n) is 23.0. The van der Waals surface area contributed by atoms with Crippen LogP contribution in [0.1, 0.15) is 84.0 Å². The molecule has 2 saturated heterocycles. The number of amides is 1. The molecule has 5 N–H and O–H groups in total. The normalized spacial score (nSPS) is 43.5. The van der Waals surface area contributed by atoms with Crippen LogP contribution in [0.2, 0.25) is 0 Å². The van der Waals surface area contributed by atoms with Crippen molar-refractivity contribution in [3.05, 3.63) is 0 Å². The van der Waals surface area contributed by atoms with Crippen molar-refractivity contribution >= 4 is 15.7 Å². The predicted molar refractivity (Wildman–Crippen MR) is 148 cm³/mol. The van der Waals surface area contributed by atoms with E-state index in [9.17, 15) is 13.2 Å². The maximum Gasteiger partial charge on any atom is 0.223 e. The molecule has 1 amide bonds. The molecule has 5 fully saturated rings. The van der Waals surface area contributed by atoms with E-state index in [-0.39, 0.29) is 29.4 Å². The van der Waals surface area contributed by atoms with Crippen LogP contribution in [0.15, 0.2) is 0 Å². The molecule has 0 aromatic carbocycles. The van der Waals surface area contributed by atoms with Crippen molar-refractivity contribution in [2.75, 3.05) is 25.9 Å². The van der Waals surface area contributed by atoms with Crippen LogP contribution in [0.4, 0.5) is 0 Å². The topological polar surface area (TPSA) is 111 Å². The summed E-state index contributed by atoms with van der Waals surface area (Å²) < 4.78 is 24.1. The van der Waals surface area contributed by atoms with Gasteiger partial charge >= 0.3 is 0 Å². The summed E-state index contributed by atoms with van der Waals surface area (Å²) in [6.45, 7) is 5.70. The van der Waals surface area contributed by atoms with Gasteiger partial charge in [0, 0.05) is 30.3 Å². The van der Waals surface area contributed by atoms with Gasteiger partial charge in [-0.05, 0) is 101 Å². The minimum absolute atomic E-state index is 0.0625. The van der Waals surface area contributed by atoms with E-state index in [0.29, 0.717) is 36.8 Å². The van der Waals surface area contributed by atoms with Gasteiger partial charge in [-0.25, -0.2) is 8.42 Å². The molecule has 8 nitrogen and oxygen atoms in total. The van der Waals surface area contributed by atoms with Crippen LogP contribution >= 0.6 is 0 Å². The molecule has 10 atom stereocenters. The van der Waals surface area contributed by atoms with Crippen molar-refractivity contribution < 1.29 is 13.2 Å². The second kappa shape index (κ2) is 12.2. The molecule has 5 rings (SSSR count). The molecule has 0 spiro atoms. The first-order chi connectivity index (χ1) is 17.8. The number of carbonyl (C=O) groups excluding carboxylic acids is 1. The van der Waals surface area contributed by atoms with E-state index < -0.39 is 9.84 Å². The average molecular weight is 538 g/mol. The zero-order valence-corrected chi connectivity index (χ0v) is 23.8. The quantitative estimate of drug-likeness (QED) is 0.353. The van der Waals surface area contributed by atoms with E-state index in [1.165, 1.54) is 44.9 Å². The summed E-state index contributed by atoms with van der Waals surface area (Å²) in [7, 11) is -3.09. The number of carbonyl (C=O) groups is 1. The van der Waals surface area contributed by atoms with Crippen LogP contribution in [0.25, 0.3) is 0 Å². The number of hydrogen-bond donors (Lipinski definition) is 5. The summed E-state index contributed by atoms with van der Waals surface area (Å²) >= 11 is 0. The largest absolute Gasteiger partial charge is 0.353 e. The second-order valence-corrected chi connectivity index (χ2v) is 15.4. The van der Waals surface area contributed by atoms with Crippen LogP contribution in [0, 0.1) is 29.6 Å². The molecule has 212 valence electrons. The van der Waals surface area contributed by atoms with E-state index in [2.05, 4.69) is 33.5 Å². The Morgan fingerprint density at radius 1 is 0.892 bits per heavy atom. The molecule has 0 radical (unpaired) electrons. The van der Waals surface area contributed by atoms with Gasteiger partial charge in [-0.3, -0.25) is 20.7 Å². The Balaban J connectivity index is 1.13. The third kappa shape index (κ3) is 6.89. The fourth-order valence-electron chi connectivity index (χ4n) is 8.26. The number of sulfone groups is 1. The van der Waals surface area contributed by atoms with Crippen LogP contribution in [0.5, 0.6) is 0 Å². The van der Waals surface area contributed by atoms with Crippen molar-refractivity contribution in [2.24, 2.45) is 29.6 Å². The van der Waals surface area contributed by atoms with Gasteiger partial charge in [0.2, 0.25) is 5.91 Å². The van der Waals surface area contributed by atoms with E-state index in [1.807, 2.05) is 0 Å². The van der Waals surface area contributed by atoms with Crippen LogP contribution in [-0.2, 0) is 14.6 Å². The number of rotatable bonds is 6. The van der Waals surface area contributed by atoms with E-state index >= 15 is 0 Å². The van der Waals surface area contributed by atoms with Crippen molar-refractivity contribution in [3.8, 4) is 0 Å². The smallest absolute Gasteiger partial charge is 0.223 e. The highest BCUT2D eigenvalue weighted by Crippen LogP contribution is 2.39. The van der Waals surface area contributed by atoms with Gasteiger partial charge in [0.1, 0.15) is 16.1 Å². The average Bonchev–Trinajstić information content (AvgIpc) is 2.90. The fraction of sp³-hybridized carbons (Fsp3) is 0.964. The lowest BCUT2D eigenvalue weighted by atomic mass is 9.67. The number of nitrogens with one attached hydrogen (secondary N) is 5. The van der Waals surface area contributed by atoms with E-state index in [4.69, 9.17) is 0 Å². The molecule has 3 saturated carbocycles. The summed E-state index contributed by atoms with van der Waals surface area (Å²) in [6.07, 6.45) is 14.0. The molecule has 37 heavy (non-hydrogen) atoms. The molecular formula is C28H51N5O3S. The maximum absolute atomic E-state index is 13.1. The van der Waals surface area contributed by atoms with Crippen molar-refractivity contribution in [2.45, 2.75) is 114 Å². The molecule has 5 aliphatic rings. The lowest BCUT2D eigenvalue weighted by molar-refractivity contribution is -0.127. The minimum Gasteiger partial charge on any atom is -0.353 e. The van der Waals surface area contributed by atoms with Gasteiger partial charge in [0.15, 0.2) is 0 Å². The summed E-state index contributed by atoms with van der Waals surface area (Å²) in [5.74, 6) is 2.88. The zero-order chi connectivity index (χ0) is 26.0. The molecule has 10 unspecified atom stereocenters. The van der Waals surface area contributed by atoms with E-state index in [0.717, 1.165) is 57.0 Å². The fourth-order valence-corrected chi connectivity index (χ4v) is 9.43. The maximum atomic E-state index is 13.1. The number of hydrogen-bond acceptors (Lipinski definition) is 7. The molecule has 2 heterocycles. The Hall–Kier alpha value is -0.740. The highest BCUT2D eigenvalue weighted by Gasteiger charge is 2.41. The van der Waals surface area contributed by atoms with Gasteiger partial charge in [-0.15, -0.1) is 0 Å². The van der Waals surface area contributed by atoms with E-state index in [1.54, 1.807) is 0 Å². The van der Waals surface area contributed by atoms with Gasteiger partial charge < -0.3 is 10.6 Å². The van der Waals surface area contributed by atoms with Gasteiger partial charge in [0.05, 0.1) is 5.25 Å². The molecular weight excluding hydrogens is 486 g/mol. The van der Waals surface area contributed by atoms with Crippen LogP contribution < -0.4 is 26.6 Å². The first-order valence-corrected chi connectivity index (χ1v) is 17.2. The summed E-state index contributed by atoms with van der Waals surface area (Å²) in [5.41, 5.74) is 0. The highest BCUT2D eigenvalue weighted by atomic mass is 32.2. The molecule has 0 bridgehead atoms. The van der Waals surface area contributed by atoms with Gasteiger partial charge in [-0.1, -0.05) is 26.2 Å². The Morgan fingerprint density at radius 3 is 2.57 bits per heavy atom. The SMILES string of the molecule is CC1CCC(NC(=O)C2CCCC(S(C)(=O)=O)C2)CC1NC1NCCC(C2CNCC3CCCCC32)N1. The Morgan fingerprint density at radius 2 is 1.73 bits per heavy atom. The number of fused-ring (bicyclic) bond motifs is 1. The summed E-state index contributed by atoms with van der Waals surface area (Å²) in [6, 6.07) is 1.04. The standard InChI is InChI=1S/C28H51N5O3S/c1-18-10-11-21(31-27(34)19-7-5-8-22(14-19)37(2,35)36)15-26(18)33-28-30-13-12-25(32-28)24-17-29-16-20-6-3-4-9-23(20)24/h18-26,28-30,32-33H,3-17H2,1-2H3,(H,31,34). The first kappa shape index (κ1) is 27.8. The highest BCUT2D eigenvalue weighted by molar-refractivity contribution is 7.91. The Kier molecular flexibility index (Phi) is 9.17. The summed E-state index contributed by atoms with van der Waals surface area (Å²) in [5, 5.41) is 18.2. The second-order valence-electron chi connectivity index (χ2n) is 13.1. The Bertz CT molecular complexity index is 883. The molecule has 2 aliphatic heterocycles.